The summed E-state index contributed by atoms with van der Waals surface area (Å²) in [7, 11) is 3.17. The zero-order valence-corrected chi connectivity index (χ0v) is 20.0. The highest BCUT2D eigenvalue weighted by Crippen LogP contribution is 2.33. The maximum atomic E-state index is 12.8. The highest BCUT2D eigenvalue weighted by molar-refractivity contribution is 7.07. The molecule has 0 saturated carbocycles. The van der Waals surface area contributed by atoms with Gasteiger partial charge in [0.2, 0.25) is 0 Å². The largest absolute Gasteiger partial charge is 0.497 e. The van der Waals surface area contributed by atoms with E-state index in [0.29, 0.717) is 34.5 Å². The molecule has 1 amide bonds. The van der Waals surface area contributed by atoms with Gasteiger partial charge in [0, 0.05) is 23.5 Å². The van der Waals surface area contributed by atoms with Crippen molar-refractivity contribution in [1.29, 1.82) is 0 Å². The van der Waals surface area contributed by atoms with Crippen LogP contribution >= 0.6 is 11.5 Å². The van der Waals surface area contributed by atoms with Crippen molar-refractivity contribution in [1.82, 2.24) is 14.7 Å². The monoisotopic (exact) mass is 475 g/mol. The summed E-state index contributed by atoms with van der Waals surface area (Å²) < 4.78 is 21.0. The van der Waals surface area contributed by atoms with Gasteiger partial charge in [-0.2, -0.15) is 9.36 Å². The zero-order valence-electron chi connectivity index (χ0n) is 19.1. The summed E-state index contributed by atoms with van der Waals surface area (Å²) in [5.41, 5.74) is 2.55. The van der Waals surface area contributed by atoms with E-state index in [1.165, 1.54) is 7.11 Å². The molecule has 0 saturated heterocycles. The molecule has 1 aromatic heterocycles. The molecule has 4 aromatic rings. The fourth-order valence-electron chi connectivity index (χ4n) is 3.41. The Hall–Kier alpha value is -3.91. The molecule has 0 radical (unpaired) electrons. The lowest BCUT2D eigenvalue weighted by Gasteiger charge is -2.15. The average Bonchev–Trinajstić information content (AvgIpc) is 3.31. The highest BCUT2D eigenvalue weighted by Gasteiger charge is 2.16. The zero-order chi connectivity index (χ0) is 23.9. The number of hydrogen-bond donors (Lipinski definition) is 1. The van der Waals surface area contributed by atoms with E-state index in [9.17, 15) is 4.79 Å². The van der Waals surface area contributed by atoms with Crippen molar-refractivity contribution in [2.75, 3.05) is 14.2 Å². The van der Waals surface area contributed by atoms with E-state index in [0.717, 1.165) is 28.4 Å². The molecule has 3 aromatic carbocycles. The van der Waals surface area contributed by atoms with Gasteiger partial charge in [-0.05, 0) is 48.4 Å². The maximum absolute atomic E-state index is 12.8. The number of methoxy groups -OCH3 is 2. The molecule has 0 aliphatic carbocycles. The smallest absolute Gasteiger partial charge is 0.298 e. The molecule has 1 heterocycles. The minimum absolute atomic E-state index is 0.125. The lowest BCUT2D eigenvalue weighted by atomic mass is 10.1. The molecular formula is C26H25N3O4S. The third-order valence-corrected chi connectivity index (χ3v) is 5.85. The van der Waals surface area contributed by atoms with Crippen LogP contribution in [0.4, 0.5) is 0 Å². The lowest BCUT2D eigenvalue weighted by molar-refractivity contribution is 0.0939. The Morgan fingerprint density at radius 2 is 1.79 bits per heavy atom. The van der Waals surface area contributed by atoms with Crippen LogP contribution in [0.1, 0.15) is 40.3 Å². The van der Waals surface area contributed by atoms with Crippen molar-refractivity contribution < 1.29 is 19.0 Å². The number of ether oxygens (including phenoxy) is 3. The Bertz CT molecular complexity index is 1260. The fourth-order valence-corrected chi connectivity index (χ4v) is 3.97. The quantitative estimate of drug-likeness (QED) is 0.348. The predicted octanol–water partition coefficient (Wildman–Crippen LogP) is 5.43. The summed E-state index contributed by atoms with van der Waals surface area (Å²) in [6.07, 6.45) is 0.562. The van der Waals surface area contributed by atoms with Crippen LogP contribution in [0.3, 0.4) is 0 Å². The number of rotatable bonds is 9. The summed E-state index contributed by atoms with van der Waals surface area (Å²) >= 11 is 1.16. The average molecular weight is 476 g/mol. The van der Waals surface area contributed by atoms with Crippen molar-refractivity contribution in [2.45, 2.75) is 19.4 Å². The van der Waals surface area contributed by atoms with E-state index in [-0.39, 0.29) is 11.9 Å². The number of aromatic nitrogens is 2. The highest BCUT2D eigenvalue weighted by atomic mass is 32.1. The van der Waals surface area contributed by atoms with Gasteiger partial charge in [-0.1, -0.05) is 42.5 Å². The topological polar surface area (TPSA) is 82.6 Å². The van der Waals surface area contributed by atoms with Gasteiger partial charge >= 0.3 is 0 Å². The van der Waals surface area contributed by atoms with Gasteiger partial charge in [0.25, 0.3) is 11.1 Å². The van der Waals surface area contributed by atoms with Gasteiger partial charge in [0.05, 0.1) is 20.3 Å². The SMILES string of the molecule is COc1cccc(Cc2nsc(Oc3ccc(C(=O)NC(C)c4ccccc4)cc3OC)n2)c1. The molecule has 1 N–H and O–H groups in total. The van der Waals surface area contributed by atoms with Crippen LogP contribution in [0.2, 0.25) is 0 Å². The lowest BCUT2D eigenvalue weighted by Crippen LogP contribution is -2.26. The summed E-state index contributed by atoms with van der Waals surface area (Å²) in [5.74, 6) is 2.14. The van der Waals surface area contributed by atoms with Crippen LogP contribution in [-0.2, 0) is 6.42 Å². The van der Waals surface area contributed by atoms with Crippen LogP contribution in [0, 0.1) is 0 Å². The van der Waals surface area contributed by atoms with Gasteiger partial charge in [-0.3, -0.25) is 4.79 Å². The number of amides is 1. The molecule has 1 unspecified atom stereocenters. The summed E-state index contributed by atoms with van der Waals surface area (Å²) in [6, 6.07) is 22.5. The van der Waals surface area contributed by atoms with Crippen molar-refractivity contribution in [2.24, 2.45) is 0 Å². The summed E-state index contributed by atoms with van der Waals surface area (Å²) in [4.78, 5) is 17.2. The molecule has 174 valence electrons. The molecule has 0 aliphatic rings. The first-order valence-corrected chi connectivity index (χ1v) is 11.5. The second-order valence-electron chi connectivity index (χ2n) is 7.58. The van der Waals surface area contributed by atoms with Crippen LogP contribution < -0.4 is 19.5 Å². The first-order valence-electron chi connectivity index (χ1n) is 10.7. The Kier molecular flexibility index (Phi) is 7.39. The summed E-state index contributed by atoms with van der Waals surface area (Å²) in [5, 5.41) is 3.40. The Morgan fingerprint density at radius 1 is 0.971 bits per heavy atom. The second-order valence-corrected chi connectivity index (χ2v) is 8.29. The first-order chi connectivity index (χ1) is 16.6. The van der Waals surface area contributed by atoms with Crippen LogP contribution in [-0.4, -0.2) is 29.5 Å². The molecule has 1 atom stereocenters. The number of hydrogen-bond acceptors (Lipinski definition) is 7. The number of benzene rings is 3. The van der Waals surface area contributed by atoms with E-state index in [4.69, 9.17) is 14.2 Å². The van der Waals surface area contributed by atoms with Crippen molar-refractivity contribution in [3.63, 3.8) is 0 Å². The van der Waals surface area contributed by atoms with Crippen molar-refractivity contribution >= 4 is 17.4 Å². The molecule has 7 nitrogen and oxygen atoms in total. The molecule has 0 bridgehead atoms. The number of carbonyl (C=O) groups is 1. The normalized spacial score (nSPS) is 11.5. The molecule has 8 heteroatoms. The fraction of sp³-hybridized carbons (Fsp3) is 0.192. The number of nitrogens with one attached hydrogen (secondary N) is 1. The second kappa shape index (κ2) is 10.8. The summed E-state index contributed by atoms with van der Waals surface area (Å²) in [6.45, 7) is 1.94. The first kappa shape index (κ1) is 23.3. The maximum Gasteiger partial charge on any atom is 0.298 e. The third-order valence-electron chi connectivity index (χ3n) is 5.22. The van der Waals surface area contributed by atoms with Crippen LogP contribution in [0.5, 0.6) is 22.4 Å². The minimum atomic E-state index is -0.197. The van der Waals surface area contributed by atoms with Crippen molar-refractivity contribution in [3.05, 3.63) is 95.3 Å². The van der Waals surface area contributed by atoms with E-state index < -0.39 is 0 Å². The molecule has 0 aliphatic heterocycles. The van der Waals surface area contributed by atoms with Crippen LogP contribution in [0.25, 0.3) is 0 Å². The molecular weight excluding hydrogens is 450 g/mol. The van der Waals surface area contributed by atoms with Gasteiger partial charge in [-0.25, -0.2) is 0 Å². The Morgan fingerprint density at radius 3 is 2.56 bits per heavy atom. The van der Waals surface area contributed by atoms with Gasteiger partial charge < -0.3 is 19.5 Å². The Balaban J connectivity index is 1.43. The standard InChI is InChI=1S/C26H25N3O4S/c1-17(19-9-5-4-6-10-19)27-25(30)20-12-13-22(23(16-20)32-3)33-26-28-24(29-34-26)15-18-8-7-11-21(14-18)31-2/h4-14,16-17H,15H2,1-3H3,(H,27,30). The van der Waals surface area contributed by atoms with E-state index >= 15 is 0 Å². The molecule has 4 rings (SSSR count). The Labute approximate surface area is 202 Å². The van der Waals surface area contributed by atoms with Crippen molar-refractivity contribution in [3.8, 4) is 22.4 Å². The molecule has 0 fully saturated rings. The van der Waals surface area contributed by atoms with E-state index in [1.807, 2.05) is 61.5 Å². The minimum Gasteiger partial charge on any atom is -0.497 e. The molecule has 0 spiro atoms. The van der Waals surface area contributed by atoms with Gasteiger partial charge in [0.15, 0.2) is 17.3 Å². The van der Waals surface area contributed by atoms with E-state index in [1.54, 1.807) is 25.3 Å². The predicted molar refractivity (Wildman–Crippen MR) is 131 cm³/mol. The van der Waals surface area contributed by atoms with E-state index in [2.05, 4.69) is 14.7 Å². The number of carbonyl (C=O) groups excluding carboxylic acids is 1. The van der Waals surface area contributed by atoms with Crippen LogP contribution in [0.15, 0.2) is 72.8 Å². The van der Waals surface area contributed by atoms with Gasteiger partial charge in [0.1, 0.15) is 5.75 Å². The third kappa shape index (κ3) is 5.71. The number of nitrogens with zero attached hydrogens (tertiary/aromatic N) is 2. The van der Waals surface area contributed by atoms with Gasteiger partial charge in [-0.15, -0.1) is 0 Å². The molecule has 34 heavy (non-hydrogen) atoms.